The molecular weight excluding hydrogens is 182 g/mol. The highest BCUT2D eigenvalue weighted by Gasteiger charge is 2.17. The highest BCUT2D eigenvalue weighted by Crippen LogP contribution is 2.15. The summed E-state index contributed by atoms with van der Waals surface area (Å²) < 4.78 is 0. The number of anilines is 1. The predicted octanol–water partition coefficient (Wildman–Crippen LogP) is -0.269. The van der Waals surface area contributed by atoms with Gasteiger partial charge in [-0.3, -0.25) is 4.79 Å². The van der Waals surface area contributed by atoms with Crippen LogP contribution in [0.2, 0.25) is 0 Å². The Labute approximate surface area is 81.4 Å². The Kier molecular flexibility index (Phi) is 2.49. The molecule has 5 heteroatoms. The molecule has 1 saturated heterocycles. The molecule has 0 radical (unpaired) electrons. The van der Waals surface area contributed by atoms with E-state index in [0.717, 1.165) is 31.7 Å². The predicted molar refractivity (Wildman–Crippen MR) is 52.3 cm³/mol. The van der Waals surface area contributed by atoms with Gasteiger partial charge in [-0.1, -0.05) is 0 Å². The molecule has 1 aromatic rings. The van der Waals surface area contributed by atoms with Gasteiger partial charge < -0.3 is 10.0 Å². The van der Waals surface area contributed by atoms with E-state index < -0.39 is 0 Å². The van der Waals surface area contributed by atoms with E-state index in [4.69, 9.17) is 0 Å². The maximum absolute atomic E-state index is 10.8. The van der Waals surface area contributed by atoms with Crippen LogP contribution < -0.4 is 10.5 Å². The van der Waals surface area contributed by atoms with Gasteiger partial charge in [0.25, 0.3) is 5.56 Å². The number of nitrogens with one attached hydrogen (secondary N) is 1. The summed E-state index contributed by atoms with van der Waals surface area (Å²) in [6.07, 6.45) is 1.34. The minimum absolute atomic E-state index is 0.186. The Morgan fingerprint density at radius 1 is 1.43 bits per heavy atom. The summed E-state index contributed by atoms with van der Waals surface area (Å²) in [7, 11) is 0. The van der Waals surface area contributed by atoms with Crippen molar-refractivity contribution in [1.82, 2.24) is 10.2 Å². The van der Waals surface area contributed by atoms with E-state index >= 15 is 0 Å². The SMILES string of the molecule is O=c1ccc(N2CCC(O)CC2)n[nH]1. The summed E-state index contributed by atoms with van der Waals surface area (Å²) in [6.45, 7) is 1.58. The number of H-pyrrole nitrogens is 1. The maximum atomic E-state index is 10.8. The van der Waals surface area contributed by atoms with Crippen molar-refractivity contribution >= 4 is 5.82 Å². The largest absolute Gasteiger partial charge is 0.393 e. The van der Waals surface area contributed by atoms with Gasteiger partial charge in [0.15, 0.2) is 0 Å². The zero-order chi connectivity index (χ0) is 9.97. The van der Waals surface area contributed by atoms with Gasteiger partial charge in [0.1, 0.15) is 5.82 Å². The number of hydrogen-bond donors (Lipinski definition) is 2. The van der Waals surface area contributed by atoms with E-state index in [1.165, 1.54) is 6.07 Å². The van der Waals surface area contributed by atoms with Crippen LogP contribution in [0.5, 0.6) is 0 Å². The normalized spacial score (nSPS) is 18.5. The smallest absolute Gasteiger partial charge is 0.264 e. The molecule has 2 heterocycles. The Bertz CT molecular complexity index is 335. The summed E-state index contributed by atoms with van der Waals surface area (Å²) in [4.78, 5) is 12.8. The number of piperidine rings is 1. The molecule has 1 aliphatic rings. The van der Waals surface area contributed by atoms with Crippen molar-refractivity contribution in [2.24, 2.45) is 0 Å². The first kappa shape index (κ1) is 9.21. The average Bonchev–Trinajstić information content (AvgIpc) is 2.21. The van der Waals surface area contributed by atoms with Gasteiger partial charge in [0, 0.05) is 19.2 Å². The first-order chi connectivity index (χ1) is 6.75. The van der Waals surface area contributed by atoms with E-state index in [1.54, 1.807) is 6.07 Å². The van der Waals surface area contributed by atoms with E-state index in [9.17, 15) is 9.90 Å². The van der Waals surface area contributed by atoms with Gasteiger partial charge in [0.05, 0.1) is 6.10 Å². The molecule has 0 saturated carbocycles. The number of aromatic nitrogens is 2. The van der Waals surface area contributed by atoms with Crippen molar-refractivity contribution in [2.45, 2.75) is 18.9 Å². The molecule has 1 aromatic heterocycles. The standard InChI is InChI=1S/C9H13N3O2/c13-7-3-5-12(6-4-7)8-1-2-9(14)11-10-8/h1-2,7,13H,3-6H2,(H,11,14). The van der Waals surface area contributed by atoms with E-state index in [0.29, 0.717) is 0 Å². The zero-order valence-corrected chi connectivity index (χ0v) is 7.81. The summed E-state index contributed by atoms with van der Waals surface area (Å²) in [5.41, 5.74) is -0.189. The second kappa shape index (κ2) is 3.79. The average molecular weight is 195 g/mol. The van der Waals surface area contributed by atoms with E-state index in [2.05, 4.69) is 15.1 Å². The Balaban J connectivity index is 2.08. The van der Waals surface area contributed by atoms with Crippen LogP contribution in [-0.4, -0.2) is 34.5 Å². The number of aliphatic hydroxyl groups excluding tert-OH is 1. The third kappa shape index (κ3) is 1.93. The summed E-state index contributed by atoms with van der Waals surface area (Å²) in [6, 6.07) is 3.17. The molecule has 0 spiro atoms. The van der Waals surface area contributed by atoms with Crippen LogP contribution in [0.15, 0.2) is 16.9 Å². The van der Waals surface area contributed by atoms with E-state index in [-0.39, 0.29) is 11.7 Å². The molecule has 0 aliphatic carbocycles. The molecule has 14 heavy (non-hydrogen) atoms. The molecule has 5 nitrogen and oxygen atoms in total. The molecule has 76 valence electrons. The first-order valence-electron chi connectivity index (χ1n) is 4.74. The van der Waals surface area contributed by atoms with Crippen molar-refractivity contribution in [3.05, 3.63) is 22.5 Å². The van der Waals surface area contributed by atoms with Crippen molar-refractivity contribution in [3.63, 3.8) is 0 Å². The fourth-order valence-corrected chi connectivity index (χ4v) is 1.61. The summed E-state index contributed by atoms with van der Waals surface area (Å²) in [5, 5.41) is 15.6. The quantitative estimate of drug-likeness (QED) is 0.647. The number of hydrogen-bond acceptors (Lipinski definition) is 4. The van der Waals surface area contributed by atoms with Crippen molar-refractivity contribution in [2.75, 3.05) is 18.0 Å². The lowest BCUT2D eigenvalue weighted by molar-refractivity contribution is 0.145. The highest BCUT2D eigenvalue weighted by atomic mass is 16.3. The maximum Gasteiger partial charge on any atom is 0.264 e. The molecule has 0 amide bonds. The molecule has 0 bridgehead atoms. The number of aromatic amines is 1. The lowest BCUT2D eigenvalue weighted by atomic mass is 10.1. The van der Waals surface area contributed by atoms with Gasteiger partial charge in [-0.15, -0.1) is 0 Å². The second-order valence-corrected chi connectivity index (χ2v) is 3.50. The Hall–Kier alpha value is -1.36. The molecule has 0 atom stereocenters. The molecule has 1 aliphatic heterocycles. The van der Waals surface area contributed by atoms with E-state index in [1.807, 2.05) is 0 Å². The van der Waals surface area contributed by atoms with Gasteiger partial charge in [-0.05, 0) is 18.9 Å². The monoisotopic (exact) mass is 195 g/mol. The number of rotatable bonds is 1. The summed E-state index contributed by atoms with van der Waals surface area (Å²) in [5.74, 6) is 0.775. The lowest BCUT2D eigenvalue weighted by Crippen LogP contribution is -2.36. The first-order valence-corrected chi connectivity index (χ1v) is 4.74. The van der Waals surface area contributed by atoms with Crippen LogP contribution in [0.25, 0.3) is 0 Å². The third-order valence-corrected chi connectivity index (χ3v) is 2.45. The molecule has 1 fully saturated rings. The minimum Gasteiger partial charge on any atom is -0.393 e. The molecule has 2 rings (SSSR count). The molecule has 2 N–H and O–H groups in total. The molecule has 0 unspecified atom stereocenters. The van der Waals surface area contributed by atoms with Crippen molar-refractivity contribution < 1.29 is 5.11 Å². The Morgan fingerprint density at radius 3 is 2.71 bits per heavy atom. The fourth-order valence-electron chi connectivity index (χ4n) is 1.61. The van der Waals surface area contributed by atoms with Crippen molar-refractivity contribution in [1.29, 1.82) is 0 Å². The van der Waals surface area contributed by atoms with Crippen molar-refractivity contribution in [3.8, 4) is 0 Å². The Morgan fingerprint density at radius 2 is 2.14 bits per heavy atom. The highest BCUT2D eigenvalue weighted by molar-refractivity contribution is 5.36. The van der Waals surface area contributed by atoms with Crippen LogP contribution in [-0.2, 0) is 0 Å². The number of nitrogens with zero attached hydrogens (tertiary/aromatic N) is 2. The van der Waals surface area contributed by atoms with Crippen LogP contribution in [0.1, 0.15) is 12.8 Å². The summed E-state index contributed by atoms with van der Waals surface area (Å²) >= 11 is 0. The van der Waals surface area contributed by atoms with Gasteiger partial charge in [0.2, 0.25) is 0 Å². The number of aliphatic hydroxyl groups is 1. The minimum atomic E-state index is -0.189. The van der Waals surface area contributed by atoms with Crippen LogP contribution >= 0.6 is 0 Å². The van der Waals surface area contributed by atoms with Gasteiger partial charge >= 0.3 is 0 Å². The zero-order valence-electron chi connectivity index (χ0n) is 7.81. The van der Waals surface area contributed by atoms with Gasteiger partial charge in [-0.25, -0.2) is 5.10 Å². The lowest BCUT2D eigenvalue weighted by Gasteiger charge is -2.29. The molecular formula is C9H13N3O2. The third-order valence-electron chi connectivity index (χ3n) is 2.45. The topological polar surface area (TPSA) is 69.2 Å². The molecule has 0 aromatic carbocycles. The van der Waals surface area contributed by atoms with Crippen LogP contribution in [0.3, 0.4) is 0 Å². The van der Waals surface area contributed by atoms with Crippen LogP contribution in [0.4, 0.5) is 5.82 Å². The van der Waals surface area contributed by atoms with Gasteiger partial charge in [-0.2, -0.15) is 5.10 Å². The second-order valence-electron chi connectivity index (χ2n) is 3.50. The van der Waals surface area contributed by atoms with Crippen LogP contribution in [0, 0.1) is 0 Å². The fraction of sp³-hybridized carbons (Fsp3) is 0.556.